The van der Waals surface area contributed by atoms with Crippen molar-refractivity contribution in [2.75, 3.05) is 18.1 Å². The summed E-state index contributed by atoms with van der Waals surface area (Å²) in [6, 6.07) is 9.43. The first-order valence-corrected chi connectivity index (χ1v) is 10.4. The standard InChI is InChI=1S/C18H19ClN4O2S2/c1-11-7-8-13(25-11)9-23(3)16(24)10-26-18-22-21-17(27-18)20-15-6-4-5-14(19)12(15)2/h4-8H,9-10H2,1-3H3,(H,20,21). The average molecular weight is 423 g/mol. The molecule has 3 rings (SSSR count). The predicted molar refractivity (Wildman–Crippen MR) is 110 cm³/mol. The Labute approximate surface area is 170 Å². The van der Waals surface area contributed by atoms with Crippen LogP contribution in [0.1, 0.15) is 17.1 Å². The van der Waals surface area contributed by atoms with Crippen molar-refractivity contribution in [3.05, 3.63) is 52.4 Å². The van der Waals surface area contributed by atoms with Gasteiger partial charge in [-0.25, -0.2) is 0 Å². The molecule has 2 aromatic heterocycles. The minimum Gasteiger partial charge on any atom is -0.464 e. The predicted octanol–water partition coefficient (Wildman–Crippen LogP) is 4.90. The average Bonchev–Trinajstić information content (AvgIpc) is 3.25. The van der Waals surface area contributed by atoms with Crippen molar-refractivity contribution in [1.29, 1.82) is 0 Å². The number of benzene rings is 1. The zero-order valence-corrected chi connectivity index (χ0v) is 17.5. The molecular weight excluding hydrogens is 404 g/mol. The van der Waals surface area contributed by atoms with Gasteiger partial charge in [0.2, 0.25) is 11.0 Å². The van der Waals surface area contributed by atoms with E-state index in [2.05, 4.69) is 15.5 Å². The number of amides is 1. The van der Waals surface area contributed by atoms with Gasteiger partial charge in [0.15, 0.2) is 4.34 Å². The third kappa shape index (κ3) is 5.24. The van der Waals surface area contributed by atoms with Gasteiger partial charge in [-0.15, -0.1) is 10.2 Å². The van der Waals surface area contributed by atoms with Gasteiger partial charge >= 0.3 is 0 Å². The van der Waals surface area contributed by atoms with E-state index in [1.54, 1.807) is 11.9 Å². The van der Waals surface area contributed by atoms with E-state index < -0.39 is 0 Å². The molecule has 2 heterocycles. The Bertz CT molecular complexity index is 941. The SMILES string of the molecule is Cc1ccc(CN(C)C(=O)CSc2nnc(Nc3cccc(Cl)c3C)s2)o1. The fourth-order valence-electron chi connectivity index (χ4n) is 2.30. The van der Waals surface area contributed by atoms with Crippen LogP contribution in [-0.2, 0) is 11.3 Å². The van der Waals surface area contributed by atoms with Crippen molar-refractivity contribution >= 4 is 51.4 Å². The largest absolute Gasteiger partial charge is 0.464 e. The molecule has 27 heavy (non-hydrogen) atoms. The van der Waals surface area contributed by atoms with Gasteiger partial charge in [-0.2, -0.15) is 0 Å². The van der Waals surface area contributed by atoms with Gasteiger partial charge in [0, 0.05) is 17.8 Å². The quantitative estimate of drug-likeness (QED) is 0.546. The summed E-state index contributed by atoms with van der Waals surface area (Å²) >= 11 is 8.90. The van der Waals surface area contributed by atoms with Gasteiger partial charge in [-0.1, -0.05) is 40.8 Å². The first-order chi connectivity index (χ1) is 12.9. The van der Waals surface area contributed by atoms with Crippen molar-refractivity contribution in [1.82, 2.24) is 15.1 Å². The van der Waals surface area contributed by atoms with Crippen LogP contribution in [0.4, 0.5) is 10.8 Å². The molecule has 0 aliphatic heterocycles. The Balaban J connectivity index is 1.53. The maximum absolute atomic E-state index is 12.3. The molecule has 1 N–H and O–H groups in total. The van der Waals surface area contributed by atoms with Gasteiger partial charge in [-0.3, -0.25) is 4.79 Å². The second-order valence-electron chi connectivity index (χ2n) is 5.96. The van der Waals surface area contributed by atoms with Gasteiger partial charge in [0.05, 0.1) is 12.3 Å². The van der Waals surface area contributed by atoms with E-state index in [9.17, 15) is 4.79 Å². The summed E-state index contributed by atoms with van der Waals surface area (Å²) < 4.78 is 6.24. The summed E-state index contributed by atoms with van der Waals surface area (Å²) in [5, 5.41) is 12.8. The monoisotopic (exact) mass is 422 g/mol. The number of aryl methyl sites for hydroxylation is 1. The van der Waals surface area contributed by atoms with E-state index >= 15 is 0 Å². The van der Waals surface area contributed by atoms with Gasteiger partial charge in [0.1, 0.15) is 11.5 Å². The number of nitrogens with one attached hydrogen (secondary N) is 1. The summed E-state index contributed by atoms with van der Waals surface area (Å²) in [6.07, 6.45) is 0. The Kier molecular flexibility index (Phi) is 6.41. The third-order valence-electron chi connectivity index (χ3n) is 3.85. The topological polar surface area (TPSA) is 71.3 Å². The molecule has 1 aromatic carbocycles. The summed E-state index contributed by atoms with van der Waals surface area (Å²) in [5.74, 6) is 1.90. The Hall–Kier alpha value is -2.03. The number of furan rings is 1. The fourth-order valence-corrected chi connectivity index (χ4v) is 4.18. The number of rotatable bonds is 7. The molecule has 0 aliphatic carbocycles. The van der Waals surface area contributed by atoms with Crippen LogP contribution in [0, 0.1) is 13.8 Å². The van der Waals surface area contributed by atoms with Gasteiger partial charge in [0.25, 0.3) is 0 Å². The van der Waals surface area contributed by atoms with E-state index in [0.29, 0.717) is 22.5 Å². The molecule has 0 saturated heterocycles. The van der Waals surface area contributed by atoms with Crippen molar-refractivity contribution in [3.63, 3.8) is 0 Å². The molecule has 0 spiro atoms. The van der Waals surface area contributed by atoms with Crippen LogP contribution in [0.5, 0.6) is 0 Å². The van der Waals surface area contributed by atoms with Crippen molar-refractivity contribution in [2.24, 2.45) is 0 Å². The van der Waals surface area contributed by atoms with Crippen LogP contribution in [0.25, 0.3) is 0 Å². The molecule has 3 aromatic rings. The van der Waals surface area contributed by atoms with Gasteiger partial charge < -0.3 is 14.6 Å². The van der Waals surface area contributed by atoms with E-state index in [0.717, 1.165) is 27.1 Å². The lowest BCUT2D eigenvalue weighted by Gasteiger charge is -2.14. The van der Waals surface area contributed by atoms with E-state index in [-0.39, 0.29) is 5.91 Å². The molecule has 0 aliphatic rings. The molecular formula is C18H19ClN4O2S2. The molecule has 9 heteroatoms. The highest BCUT2D eigenvalue weighted by Gasteiger charge is 2.14. The maximum Gasteiger partial charge on any atom is 0.233 e. The van der Waals surface area contributed by atoms with Crippen molar-refractivity contribution in [2.45, 2.75) is 24.7 Å². The number of carbonyl (C=O) groups is 1. The zero-order chi connectivity index (χ0) is 19.4. The maximum atomic E-state index is 12.3. The van der Waals surface area contributed by atoms with E-state index in [4.69, 9.17) is 16.0 Å². The lowest BCUT2D eigenvalue weighted by molar-refractivity contribution is -0.127. The number of hydrogen-bond acceptors (Lipinski definition) is 7. The fraction of sp³-hybridized carbons (Fsp3) is 0.278. The van der Waals surface area contributed by atoms with Crippen LogP contribution in [0.2, 0.25) is 5.02 Å². The van der Waals surface area contributed by atoms with E-state index in [1.807, 2.05) is 44.2 Å². The van der Waals surface area contributed by atoms with Crippen LogP contribution >= 0.6 is 34.7 Å². The highest BCUT2D eigenvalue weighted by atomic mass is 35.5. The molecule has 142 valence electrons. The zero-order valence-electron chi connectivity index (χ0n) is 15.2. The smallest absolute Gasteiger partial charge is 0.233 e. The Morgan fingerprint density at radius 2 is 2.11 bits per heavy atom. The molecule has 6 nitrogen and oxygen atoms in total. The van der Waals surface area contributed by atoms with Crippen LogP contribution in [0.3, 0.4) is 0 Å². The first kappa shape index (κ1) is 19.7. The lowest BCUT2D eigenvalue weighted by atomic mass is 10.2. The number of carbonyl (C=O) groups excluding carboxylic acids is 1. The minimum atomic E-state index is 0.00412. The Morgan fingerprint density at radius 3 is 2.85 bits per heavy atom. The number of hydrogen-bond donors (Lipinski definition) is 1. The molecule has 0 atom stereocenters. The van der Waals surface area contributed by atoms with Crippen molar-refractivity contribution < 1.29 is 9.21 Å². The summed E-state index contributed by atoms with van der Waals surface area (Å²) in [6.45, 7) is 4.27. The summed E-state index contributed by atoms with van der Waals surface area (Å²) in [7, 11) is 1.76. The first-order valence-electron chi connectivity index (χ1n) is 8.20. The lowest BCUT2D eigenvalue weighted by Crippen LogP contribution is -2.27. The van der Waals surface area contributed by atoms with E-state index in [1.165, 1.54) is 23.1 Å². The molecule has 0 radical (unpaired) electrons. The summed E-state index contributed by atoms with van der Waals surface area (Å²) in [5.41, 5.74) is 1.84. The Morgan fingerprint density at radius 1 is 1.30 bits per heavy atom. The third-order valence-corrected chi connectivity index (χ3v) is 6.22. The number of anilines is 2. The second-order valence-corrected chi connectivity index (χ2v) is 8.57. The van der Waals surface area contributed by atoms with Crippen molar-refractivity contribution in [3.8, 4) is 0 Å². The number of thioether (sulfide) groups is 1. The highest BCUT2D eigenvalue weighted by Crippen LogP contribution is 2.30. The molecule has 1 amide bonds. The number of halogens is 1. The van der Waals surface area contributed by atoms with Crippen LogP contribution in [0.15, 0.2) is 39.1 Å². The van der Waals surface area contributed by atoms with Crippen LogP contribution in [-0.4, -0.2) is 33.8 Å². The molecule has 0 bridgehead atoms. The second kappa shape index (κ2) is 8.77. The van der Waals surface area contributed by atoms with Crippen LogP contribution < -0.4 is 5.32 Å². The highest BCUT2D eigenvalue weighted by molar-refractivity contribution is 8.01. The molecule has 0 fully saturated rings. The van der Waals surface area contributed by atoms with Gasteiger partial charge in [-0.05, 0) is 43.7 Å². The molecule has 0 saturated carbocycles. The summed E-state index contributed by atoms with van der Waals surface area (Å²) in [4.78, 5) is 13.9. The number of aromatic nitrogens is 2. The normalized spacial score (nSPS) is 10.8. The number of nitrogens with zero attached hydrogens (tertiary/aromatic N) is 3. The molecule has 0 unspecified atom stereocenters. The minimum absolute atomic E-state index is 0.00412.